The van der Waals surface area contributed by atoms with E-state index in [0.717, 1.165) is 0 Å². The molecule has 0 unspecified atom stereocenters. The summed E-state index contributed by atoms with van der Waals surface area (Å²) in [5.74, 6) is 0.524. The lowest BCUT2D eigenvalue weighted by Crippen LogP contribution is -2.20. The number of hydrogen-bond donors (Lipinski definition) is 0. The van der Waals surface area contributed by atoms with Crippen molar-refractivity contribution in [1.82, 2.24) is 4.90 Å². The Morgan fingerprint density at radius 1 is 1.26 bits per heavy atom. The fourth-order valence-corrected chi connectivity index (χ4v) is 1.64. The third-order valence-electron chi connectivity index (χ3n) is 2.54. The topological polar surface area (TPSA) is 82.2 Å². The molecule has 96 valence electrons. The van der Waals surface area contributed by atoms with Crippen molar-refractivity contribution in [3.05, 3.63) is 52.6 Å². The van der Waals surface area contributed by atoms with Crippen LogP contribution < -0.4 is 0 Å². The summed E-state index contributed by atoms with van der Waals surface area (Å²) in [5.41, 5.74) is 9.64. The minimum Gasteiger partial charge on any atom is -0.451 e. The zero-order valence-corrected chi connectivity index (χ0v) is 10.6. The van der Waals surface area contributed by atoms with Crippen molar-refractivity contribution in [2.24, 2.45) is 5.11 Å². The van der Waals surface area contributed by atoms with Crippen molar-refractivity contribution in [3.8, 4) is 11.3 Å². The molecule has 0 aliphatic rings. The highest BCUT2D eigenvalue weighted by Crippen LogP contribution is 2.31. The molecule has 0 radical (unpaired) electrons. The number of carbonyl (C=O) groups is 1. The highest BCUT2D eigenvalue weighted by Gasteiger charge is 2.14. The van der Waals surface area contributed by atoms with Gasteiger partial charge in [0.1, 0.15) is 5.76 Å². The summed E-state index contributed by atoms with van der Waals surface area (Å²) in [6.07, 6.45) is 0. The molecule has 0 spiro atoms. The van der Waals surface area contributed by atoms with Crippen LogP contribution in [0.3, 0.4) is 0 Å². The van der Waals surface area contributed by atoms with Crippen molar-refractivity contribution < 1.29 is 9.21 Å². The molecule has 19 heavy (non-hydrogen) atoms. The zero-order valence-electron chi connectivity index (χ0n) is 10.6. The molecule has 2 aromatic rings. The molecule has 1 aromatic heterocycles. The highest BCUT2D eigenvalue weighted by molar-refractivity contribution is 5.92. The Kier molecular flexibility index (Phi) is 3.54. The second-order valence-corrected chi connectivity index (χ2v) is 4.07. The number of furan rings is 1. The molecule has 0 N–H and O–H groups in total. The van der Waals surface area contributed by atoms with E-state index in [2.05, 4.69) is 10.0 Å². The Morgan fingerprint density at radius 2 is 2.00 bits per heavy atom. The summed E-state index contributed by atoms with van der Waals surface area (Å²) in [4.78, 5) is 16.0. The summed E-state index contributed by atoms with van der Waals surface area (Å²) in [7, 11) is 3.30. The molecule has 0 bridgehead atoms. The summed E-state index contributed by atoms with van der Waals surface area (Å²) in [6.45, 7) is 0. The third kappa shape index (κ3) is 2.59. The van der Waals surface area contributed by atoms with Gasteiger partial charge in [-0.15, -0.1) is 0 Å². The molecule has 0 saturated carbocycles. The van der Waals surface area contributed by atoms with Crippen molar-refractivity contribution in [3.63, 3.8) is 0 Å². The van der Waals surface area contributed by atoms with E-state index in [1.165, 1.54) is 4.90 Å². The van der Waals surface area contributed by atoms with Gasteiger partial charge in [-0.2, -0.15) is 0 Å². The van der Waals surface area contributed by atoms with Crippen molar-refractivity contribution >= 4 is 11.6 Å². The van der Waals surface area contributed by atoms with E-state index in [1.807, 2.05) is 6.07 Å². The van der Waals surface area contributed by atoms with Gasteiger partial charge in [0.25, 0.3) is 5.91 Å². The van der Waals surface area contributed by atoms with Gasteiger partial charge in [-0.25, -0.2) is 0 Å². The summed E-state index contributed by atoms with van der Waals surface area (Å²) in [5, 5.41) is 3.60. The first kappa shape index (κ1) is 12.7. The summed E-state index contributed by atoms with van der Waals surface area (Å²) >= 11 is 0. The first-order valence-corrected chi connectivity index (χ1v) is 5.59. The van der Waals surface area contributed by atoms with Gasteiger partial charge in [-0.05, 0) is 17.7 Å². The van der Waals surface area contributed by atoms with Crippen LogP contribution in [0.2, 0.25) is 0 Å². The lowest BCUT2D eigenvalue weighted by molar-refractivity contribution is 0.0797. The molecule has 0 fully saturated rings. The molecule has 0 aliphatic heterocycles. The normalized spacial score (nSPS) is 9.79. The standard InChI is InChI=1S/C13H12N4O2/c1-17(2)13(18)12-8-7-11(19-12)9-5-3-4-6-10(9)15-16-14/h3-8H,1-2H3. The van der Waals surface area contributed by atoms with E-state index >= 15 is 0 Å². The minimum atomic E-state index is -0.215. The Morgan fingerprint density at radius 3 is 2.68 bits per heavy atom. The molecule has 1 amide bonds. The first-order valence-electron chi connectivity index (χ1n) is 5.59. The number of nitrogens with zero attached hydrogens (tertiary/aromatic N) is 4. The quantitative estimate of drug-likeness (QED) is 0.477. The Hall–Kier alpha value is -2.72. The molecule has 6 heteroatoms. The van der Waals surface area contributed by atoms with Crippen LogP contribution in [0.15, 0.2) is 45.9 Å². The zero-order chi connectivity index (χ0) is 13.8. The Labute approximate surface area is 109 Å². The SMILES string of the molecule is CN(C)C(=O)c1ccc(-c2ccccc2N=[N+]=[N-])o1. The fraction of sp³-hybridized carbons (Fsp3) is 0.154. The second kappa shape index (κ2) is 5.29. The number of azide groups is 1. The van der Waals surface area contributed by atoms with Crippen LogP contribution in [-0.4, -0.2) is 24.9 Å². The van der Waals surface area contributed by atoms with Crippen LogP contribution in [0.25, 0.3) is 21.8 Å². The van der Waals surface area contributed by atoms with Gasteiger partial charge in [0, 0.05) is 30.3 Å². The second-order valence-electron chi connectivity index (χ2n) is 4.07. The van der Waals surface area contributed by atoms with Gasteiger partial charge in [-0.1, -0.05) is 29.4 Å². The molecule has 0 saturated heterocycles. The number of rotatable bonds is 3. The maximum Gasteiger partial charge on any atom is 0.289 e. The van der Waals surface area contributed by atoms with E-state index in [-0.39, 0.29) is 11.7 Å². The van der Waals surface area contributed by atoms with E-state index in [4.69, 9.17) is 9.95 Å². The molecule has 1 heterocycles. The van der Waals surface area contributed by atoms with Crippen LogP contribution in [-0.2, 0) is 0 Å². The Bertz CT molecular complexity index is 654. The van der Waals surface area contributed by atoms with Gasteiger partial charge >= 0.3 is 0 Å². The average molecular weight is 256 g/mol. The molecular formula is C13H12N4O2. The molecule has 0 aliphatic carbocycles. The van der Waals surface area contributed by atoms with E-state index in [9.17, 15) is 4.79 Å². The Balaban J connectivity index is 2.44. The van der Waals surface area contributed by atoms with Gasteiger partial charge in [0.2, 0.25) is 0 Å². The van der Waals surface area contributed by atoms with E-state index in [0.29, 0.717) is 17.0 Å². The molecule has 6 nitrogen and oxygen atoms in total. The van der Waals surface area contributed by atoms with Gasteiger partial charge in [0.15, 0.2) is 5.76 Å². The van der Waals surface area contributed by atoms with Gasteiger partial charge in [-0.3, -0.25) is 4.79 Å². The van der Waals surface area contributed by atoms with Gasteiger partial charge < -0.3 is 9.32 Å². The van der Waals surface area contributed by atoms with Crippen molar-refractivity contribution in [2.45, 2.75) is 0 Å². The van der Waals surface area contributed by atoms with Crippen LogP contribution in [0.1, 0.15) is 10.6 Å². The average Bonchev–Trinajstić information content (AvgIpc) is 2.88. The van der Waals surface area contributed by atoms with Crippen LogP contribution in [0, 0.1) is 0 Å². The number of benzene rings is 1. The highest BCUT2D eigenvalue weighted by atomic mass is 16.4. The number of carbonyl (C=O) groups excluding carboxylic acids is 1. The predicted octanol–water partition coefficient (Wildman–Crippen LogP) is 3.59. The molecule has 1 aromatic carbocycles. The smallest absolute Gasteiger partial charge is 0.289 e. The third-order valence-corrected chi connectivity index (χ3v) is 2.54. The molecular weight excluding hydrogens is 244 g/mol. The minimum absolute atomic E-state index is 0.215. The molecule has 2 rings (SSSR count). The first-order chi connectivity index (χ1) is 9.13. The maximum absolute atomic E-state index is 11.7. The summed E-state index contributed by atoms with van der Waals surface area (Å²) in [6, 6.07) is 10.3. The predicted molar refractivity (Wildman–Crippen MR) is 71.0 cm³/mol. The summed E-state index contributed by atoms with van der Waals surface area (Å²) < 4.78 is 5.51. The largest absolute Gasteiger partial charge is 0.451 e. The number of amides is 1. The van der Waals surface area contributed by atoms with E-state index in [1.54, 1.807) is 44.4 Å². The lowest BCUT2D eigenvalue weighted by Gasteiger charge is -2.07. The van der Waals surface area contributed by atoms with E-state index < -0.39 is 0 Å². The maximum atomic E-state index is 11.7. The number of hydrogen-bond acceptors (Lipinski definition) is 3. The van der Waals surface area contributed by atoms with Crippen LogP contribution in [0.4, 0.5) is 5.69 Å². The van der Waals surface area contributed by atoms with Crippen molar-refractivity contribution in [1.29, 1.82) is 0 Å². The van der Waals surface area contributed by atoms with Crippen LogP contribution >= 0.6 is 0 Å². The lowest BCUT2D eigenvalue weighted by atomic mass is 10.1. The fourth-order valence-electron chi connectivity index (χ4n) is 1.64. The van der Waals surface area contributed by atoms with Crippen LogP contribution in [0.5, 0.6) is 0 Å². The monoisotopic (exact) mass is 256 g/mol. The molecule has 0 atom stereocenters. The van der Waals surface area contributed by atoms with Gasteiger partial charge in [0.05, 0.1) is 0 Å². The van der Waals surface area contributed by atoms with Crippen molar-refractivity contribution in [2.75, 3.05) is 14.1 Å².